The molecule has 1 aliphatic rings. The highest BCUT2D eigenvalue weighted by molar-refractivity contribution is 5.85. The van der Waals surface area contributed by atoms with E-state index in [1.54, 1.807) is 6.07 Å². The Morgan fingerprint density at radius 3 is 2.33 bits per heavy atom. The lowest BCUT2D eigenvalue weighted by Crippen LogP contribution is -2.06. The van der Waals surface area contributed by atoms with Crippen molar-refractivity contribution in [2.75, 3.05) is 0 Å². The van der Waals surface area contributed by atoms with Crippen LogP contribution in [0.4, 0.5) is 13.2 Å². The molecule has 1 aromatic carbocycles. The van der Waals surface area contributed by atoms with E-state index in [-0.39, 0.29) is 24.4 Å². The zero-order valence-electron chi connectivity index (χ0n) is 7.79. The predicted octanol–water partition coefficient (Wildman–Crippen LogP) is 2.94. The molecule has 1 saturated carbocycles. The van der Waals surface area contributed by atoms with E-state index in [1.807, 2.05) is 0 Å². The molecule has 0 saturated heterocycles. The Morgan fingerprint density at radius 2 is 1.87 bits per heavy atom. The highest BCUT2D eigenvalue weighted by Gasteiger charge is 2.37. The van der Waals surface area contributed by atoms with Crippen LogP contribution in [-0.4, -0.2) is 6.04 Å². The van der Waals surface area contributed by atoms with Gasteiger partial charge in [0.05, 0.1) is 5.56 Å². The maximum Gasteiger partial charge on any atom is 0.416 e. The number of hydrogen-bond donors (Lipinski definition) is 1. The molecule has 15 heavy (non-hydrogen) atoms. The van der Waals surface area contributed by atoms with E-state index in [0.29, 0.717) is 5.56 Å². The summed E-state index contributed by atoms with van der Waals surface area (Å²) in [4.78, 5) is 0. The van der Waals surface area contributed by atoms with E-state index in [4.69, 9.17) is 5.73 Å². The third-order valence-electron chi connectivity index (χ3n) is 2.48. The second kappa shape index (κ2) is 4.02. The average Bonchev–Trinajstić information content (AvgIpc) is 2.82. The summed E-state index contributed by atoms with van der Waals surface area (Å²) in [7, 11) is 0. The topological polar surface area (TPSA) is 26.0 Å². The number of rotatable bonds is 1. The summed E-state index contributed by atoms with van der Waals surface area (Å²) < 4.78 is 37.0. The lowest BCUT2D eigenvalue weighted by molar-refractivity contribution is -0.137. The van der Waals surface area contributed by atoms with Gasteiger partial charge in [0.2, 0.25) is 0 Å². The summed E-state index contributed by atoms with van der Waals surface area (Å²) >= 11 is 0. The number of hydrogen-bond acceptors (Lipinski definition) is 1. The first-order valence-electron chi connectivity index (χ1n) is 4.41. The molecule has 0 bridgehead atoms. The van der Waals surface area contributed by atoms with E-state index in [1.165, 1.54) is 12.1 Å². The lowest BCUT2D eigenvalue weighted by Gasteiger charge is -2.07. The number of alkyl halides is 3. The van der Waals surface area contributed by atoms with Crippen molar-refractivity contribution in [1.82, 2.24) is 0 Å². The maximum absolute atomic E-state index is 12.3. The second-order valence-electron chi connectivity index (χ2n) is 3.63. The highest BCUT2D eigenvalue weighted by atomic mass is 35.5. The largest absolute Gasteiger partial charge is 0.416 e. The molecule has 1 aromatic rings. The summed E-state index contributed by atoms with van der Waals surface area (Å²) in [5.74, 6) is 0.122. The molecule has 2 N–H and O–H groups in total. The zero-order valence-corrected chi connectivity index (χ0v) is 8.61. The molecule has 1 aliphatic carbocycles. The summed E-state index contributed by atoms with van der Waals surface area (Å²) in [6, 6.07) is 5.45. The van der Waals surface area contributed by atoms with Crippen LogP contribution in [0.3, 0.4) is 0 Å². The van der Waals surface area contributed by atoms with Crippen LogP contribution >= 0.6 is 12.4 Å². The normalized spacial score (nSPS) is 24.5. The highest BCUT2D eigenvalue weighted by Crippen LogP contribution is 2.40. The van der Waals surface area contributed by atoms with Gasteiger partial charge < -0.3 is 5.73 Å². The number of benzene rings is 1. The molecule has 84 valence electrons. The third-order valence-corrected chi connectivity index (χ3v) is 2.48. The quantitative estimate of drug-likeness (QED) is 0.799. The van der Waals surface area contributed by atoms with Crippen LogP contribution in [0.25, 0.3) is 0 Å². The lowest BCUT2D eigenvalue weighted by atomic mass is 10.1. The van der Waals surface area contributed by atoms with Crippen molar-refractivity contribution in [2.24, 2.45) is 5.73 Å². The fourth-order valence-corrected chi connectivity index (χ4v) is 1.54. The van der Waals surface area contributed by atoms with Crippen molar-refractivity contribution in [2.45, 2.75) is 24.6 Å². The minimum atomic E-state index is -4.25. The van der Waals surface area contributed by atoms with E-state index in [0.717, 1.165) is 12.5 Å². The van der Waals surface area contributed by atoms with Crippen LogP contribution < -0.4 is 5.73 Å². The van der Waals surface area contributed by atoms with Gasteiger partial charge >= 0.3 is 6.18 Å². The van der Waals surface area contributed by atoms with Crippen LogP contribution in [-0.2, 0) is 6.18 Å². The molecule has 0 aliphatic heterocycles. The summed E-state index contributed by atoms with van der Waals surface area (Å²) in [6.45, 7) is 0. The van der Waals surface area contributed by atoms with Gasteiger partial charge in [-0.2, -0.15) is 13.2 Å². The molecule has 2 atom stereocenters. The van der Waals surface area contributed by atoms with Crippen LogP contribution in [0.5, 0.6) is 0 Å². The standard InChI is InChI=1S/C10H10F3N.ClH/c11-10(12,13)7-3-1-2-6(4-7)8-5-9(8)14;/h1-4,8-9H,5,14H2;1H/t8-,9+;/m0./s1. The van der Waals surface area contributed by atoms with Crippen molar-refractivity contribution >= 4 is 12.4 Å². The number of halogens is 4. The Balaban J connectivity index is 0.00000112. The van der Waals surface area contributed by atoms with Gasteiger partial charge in [0.15, 0.2) is 0 Å². The van der Waals surface area contributed by atoms with E-state index in [2.05, 4.69) is 0 Å². The minimum absolute atomic E-state index is 0. The first kappa shape index (κ1) is 12.3. The Kier molecular flexibility index (Phi) is 3.31. The Morgan fingerprint density at radius 1 is 1.27 bits per heavy atom. The molecule has 1 nitrogen and oxygen atoms in total. The molecule has 2 rings (SSSR count). The fraction of sp³-hybridized carbons (Fsp3) is 0.400. The van der Waals surface area contributed by atoms with Crippen molar-refractivity contribution < 1.29 is 13.2 Å². The summed E-state index contributed by atoms with van der Waals surface area (Å²) in [5, 5.41) is 0. The summed E-state index contributed by atoms with van der Waals surface area (Å²) in [5.41, 5.74) is 5.69. The molecule has 0 unspecified atom stereocenters. The van der Waals surface area contributed by atoms with Crippen LogP contribution in [0.2, 0.25) is 0 Å². The van der Waals surface area contributed by atoms with Crippen molar-refractivity contribution in [3.63, 3.8) is 0 Å². The molecule has 0 aromatic heterocycles. The first-order valence-corrected chi connectivity index (χ1v) is 4.41. The van der Waals surface area contributed by atoms with Crippen molar-refractivity contribution in [3.8, 4) is 0 Å². The van der Waals surface area contributed by atoms with Gasteiger partial charge in [0.25, 0.3) is 0 Å². The molecule has 0 radical (unpaired) electrons. The number of nitrogens with two attached hydrogens (primary N) is 1. The molecule has 1 fully saturated rings. The Bertz CT molecular complexity index is 351. The van der Waals surface area contributed by atoms with Crippen molar-refractivity contribution in [1.29, 1.82) is 0 Å². The van der Waals surface area contributed by atoms with Crippen LogP contribution in [0, 0.1) is 0 Å². The van der Waals surface area contributed by atoms with Gasteiger partial charge in [0, 0.05) is 12.0 Å². The molecular formula is C10H11ClF3N. The van der Waals surface area contributed by atoms with Gasteiger partial charge in [0.1, 0.15) is 0 Å². The van der Waals surface area contributed by atoms with Crippen LogP contribution in [0.15, 0.2) is 24.3 Å². The van der Waals surface area contributed by atoms with Gasteiger partial charge in [-0.3, -0.25) is 0 Å². The molecule has 5 heteroatoms. The van der Waals surface area contributed by atoms with Crippen molar-refractivity contribution in [3.05, 3.63) is 35.4 Å². The fourth-order valence-electron chi connectivity index (χ4n) is 1.54. The molecule has 0 spiro atoms. The van der Waals surface area contributed by atoms with Gasteiger partial charge in [-0.15, -0.1) is 12.4 Å². The maximum atomic E-state index is 12.3. The minimum Gasteiger partial charge on any atom is -0.327 e. The predicted molar refractivity (Wildman–Crippen MR) is 54.0 cm³/mol. The second-order valence-corrected chi connectivity index (χ2v) is 3.63. The third kappa shape index (κ3) is 2.63. The zero-order chi connectivity index (χ0) is 10.3. The first-order chi connectivity index (χ1) is 6.48. The summed E-state index contributed by atoms with van der Waals surface area (Å²) in [6.07, 6.45) is -3.46. The molecular weight excluding hydrogens is 227 g/mol. The SMILES string of the molecule is Cl.N[C@@H]1C[C@H]1c1cccc(C(F)(F)F)c1. The smallest absolute Gasteiger partial charge is 0.327 e. The monoisotopic (exact) mass is 237 g/mol. The van der Waals surface area contributed by atoms with Gasteiger partial charge in [-0.05, 0) is 18.1 Å². The van der Waals surface area contributed by atoms with Gasteiger partial charge in [-0.1, -0.05) is 18.2 Å². The van der Waals surface area contributed by atoms with Crippen LogP contribution in [0.1, 0.15) is 23.5 Å². The molecule has 0 amide bonds. The Hall–Kier alpha value is -0.740. The molecule has 0 heterocycles. The van der Waals surface area contributed by atoms with E-state index >= 15 is 0 Å². The van der Waals surface area contributed by atoms with E-state index in [9.17, 15) is 13.2 Å². The van der Waals surface area contributed by atoms with E-state index < -0.39 is 11.7 Å². The van der Waals surface area contributed by atoms with Gasteiger partial charge in [-0.25, -0.2) is 0 Å². The Labute approximate surface area is 91.9 Å². The average molecular weight is 238 g/mol.